The van der Waals surface area contributed by atoms with Crippen molar-refractivity contribution in [2.75, 3.05) is 4.90 Å². The number of benzene rings is 4. The summed E-state index contributed by atoms with van der Waals surface area (Å²) in [5, 5.41) is 13.7. The summed E-state index contributed by atoms with van der Waals surface area (Å²) >= 11 is 6.07. The number of nitrogens with zero attached hydrogens (tertiary/aromatic N) is 1. The Kier molecular flexibility index (Phi) is 5.23. The Balaban J connectivity index is 1.80. The molecule has 1 fully saturated rings. The van der Waals surface area contributed by atoms with Gasteiger partial charge < -0.3 is 5.11 Å². The van der Waals surface area contributed by atoms with Crippen molar-refractivity contribution >= 4 is 45.5 Å². The number of hydrogen-bond donors (Lipinski definition) is 1. The average Bonchev–Trinajstić information content (AvgIpc) is 3.09. The molecule has 1 aliphatic rings. The van der Waals surface area contributed by atoms with Gasteiger partial charge in [-0.05, 0) is 47.5 Å². The topological polar surface area (TPSA) is 57.6 Å². The van der Waals surface area contributed by atoms with Gasteiger partial charge in [0.2, 0.25) is 0 Å². The monoisotopic (exact) mass is 453 g/mol. The first kappa shape index (κ1) is 21.0. The molecule has 0 aromatic heterocycles. The van der Waals surface area contributed by atoms with Crippen LogP contribution in [-0.2, 0) is 9.59 Å². The smallest absolute Gasteiger partial charge is 0.300 e. The highest BCUT2D eigenvalue weighted by atomic mass is 35.5. The number of anilines is 1. The van der Waals surface area contributed by atoms with E-state index < -0.39 is 17.7 Å². The van der Waals surface area contributed by atoms with E-state index in [4.69, 9.17) is 11.6 Å². The lowest BCUT2D eigenvalue weighted by molar-refractivity contribution is -0.132. The standard InChI is InChI=1S/C28H20ClNO3/c1-17-9-11-19(12-10-17)26(31)24-25(23-8-4-6-18-5-2-3-7-22(18)23)30(28(33)27(24)32)21-15-13-20(29)14-16-21/h2-16,25,31H,1H3/b26-24-. The molecule has 0 aliphatic carbocycles. The number of hydrogen-bond acceptors (Lipinski definition) is 3. The molecule has 5 rings (SSSR count). The average molecular weight is 454 g/mol. The number of amides is 1. The van der Waals surface area contributed by atoms with E-state index in [0.717, 1.165) is 21.9 Å². The summed E-state index contributed by atoms with van der Waals surface area (Å²) in [5.41, 5.74) is 2.87. The van der Waals surface area contributed by atoms with E-state index in [0.29, 0.717) is 16.3 Å². The van der Waals surface area contributed by atoms with E-state index in [1.54, 1.807) is 36.4 Å². The predicted molar refractivity (Wildman–Crippen MR) is 131 cm³/mol. The second kappa shape index (κ2) is 8.23. The first-order valence-electron chi connectivity index (χ1n) is 10.6. The maximum atomic E-state index is 13.3. The highest BCUT2D eigenvalue weighted by Crippen LogP contribution is 2.44. The van der Waals surface area contributed by atoms with Gasteiger partial charge in [0.15, 0.2) is 0 Å². The fourth-order valence-electron chi connectivity index (χ4n) is 4.35. The molecule has 0 radical (unpaired) electrons. The van der Waals surface area contributed by atoms with Gasteiger partial charge in [0.1, 0.15) is 5.76 Å². The minimum atomic E-state index is -0.793. The molecule has 0 saturated carbocycles. The Labute approximate surface area is 196 Å². The van der Waals surface area contributed by atoms with Crippen LogP contribution in [0.15, 0.2) is 96.6 Å². The van der Waals surface area contributed by atoms with E-state index in [1.165, 1.54) is 4.90 Å². The lowest BCUT2D eigenvalue weighted by Crippen LogP contribution is -2.29. The van der Waals surface area contributed by atoms with E-state index in [9.17, 15) is 14.7 Å². The van der Waals surface area contributed by atoms with E-state index in [-0.39, 0.29) is 11.3 Å². The molecule has 0 bridgehead atoms. The van der Waals surface area contributed by atoms with Crippen molar-refractivity contribution in [3.63, 3.8) is 0 Å². The molecule has 1 heterocycles. The van der Waals surface area contributed by atoms with Crippen LogP contribution in [0.25, 0.3) is 16.5 Å². The Morgan fingerprint density at radius 2 is 1.52 bits per heavy atom. The van der Waals surface area contributed by atoms with Crippen molar-refractivity contribution in [2.24, 2.45) is 0 Å². The molecule has 1 unspecified atom stereocenters. The van der Waals surface area contributed by atoms with Crippen molar-refractivity contribution < 1.29 is 14.7 Å². The van der Waals surface area contributed by atoms with Crippen molar-refractivity contribution in [1.29, 1.82) is 0 Å². The highest BCUT2D eigenvalue weighted by molar-refractivity contribution is 6.52. The van der Waals surface area contributed by atoms with Gasteiger partial charge in [0.05, 0.1) is 11.6 Å². The van der Waals surface area contributed by atoms with Gasteiger partial charge >= 0.3 is 0 Å². The largest absolute Gasteiger partial charge is 0.507 e. The fourth-order valence-corrected chi connectivity index (χ4v) is 4.48. The molecule has 4 aromatic rings. The van der Waals surface area contributed by atoms with Crippen LogP contribution in [0.3, 0.4) is 0 Å². The number of aliphatic hydroxyl groups is 1. The number of rotatable bonds is 3. The number of carbonyl (C=O) groups is 2. The first-order valence-corrected chi connectivity index (χ1v) is 10.9. The molecule has 1 saturated heterocycles. The first-order chi connectivity index (χ1) is 16.0. The third kappa shape index (κ3) is 3.59. The van der Waals surface area contributed by atoms with E-state index in [2.05, 4.69) is 0 Å². The van der Waals surface area contributed by atoms with Gasteiger partial charge in [-0.1, -0.05) is 83.9 Å². The summed E-state index contributed by atoms with van der Waals surface area (Å²) in [6.07, 6.45) is 0. The lowest BCUT2D eigenvalue weighted by Gasteiger charge is -2.26. The molecular weight excluding hydrogens is 434 g/mol. The summed E-state index contributed by atoms with van der Waals surface area (Å²) in [6.45, 7) is 1.94. The second-order valence-corrected chi connectivity index (χ2v) is 8.52. The molecule has 1 amide bonds. The molecule has 4 aromatic carbocycles. The van der Waals surface area contributed by atoms with Crippen LogP contribution in [0.1, 0.15) is 22.7 Å². The van der Waals surface area contributed by atoms with E-state index >= 15 is 0 Å². The fraction of sp³-hybridized carbons (Fsp3) is 0.0714. The van der Waals surface area contributed by atoms with Crippen molar-refractivity contribution in [2.45, 2.75) is 13.0 Å². The van der Waals surface area contributed by atoms with Crippen LogP contribution >= 0.6 is 11.6 Å². The third-order valence-corrected chi connectivity index (χ3v) is 6.24. The molecule has 162 valence electrons. The quantitative estimate of drug-likeness (QED) is 0.221. The number of aliphatic hydroxyl groups excluding tert-OH is 1. The number of carbonyl (C=O) groups excluding carboxylic acids is 2. The van der Waals surface area contributed by atoms with Gasteiger partial charge in [-0.3, -0.25) is 14.5 Å². The SMILES string of the molecule is Cc1ccc(/C(O)=C2/C(=O)C(=O)N(c3ccc(Cl)cc3)C2c2cccc3ccccc23)cc1. The Morgan fingerprint density at radius 1 is 0.848 bits per heavy atom. The molecule has 0 spiro atoms. The summed E-state index contributed by atoms with van der Waals surface area (Å²) in [4.78, 5) is 28.1. The Morgan fingerprint density at radius 3 is 2.24 bits per heavy atom. The molecule has 1 aliphatic heterocycles. The number of ketones is 1. The summed E-state index contributed by atoms with van der Waals surface area (Å²) < 4.78 is 0. The number of halogens is 1. The zero-order valence-electron chi connectivity index (χ0n) is 17.8. The van der Waals surface area contributed by atoms with Crippen molar-refractivity contribution in [1.82, 2.24) is 0 Å². The normalized spacial score (nSPS) is 17.6. The highest BCUT2D eigenvalue weighted by Gasteiger charge is 2.47. The maximum absolute atomic E-state index is 13.3. The van der Waals surface area contributed by atoms with Crippen molar-refractivity contribution in [3.8, 4) is 0 Å². The molecule has 1 atom stereocenters. The van der Waals surface area contributed by atoms with Crippen LogP contribution in [0.5, 0.6) is 0 Å². The maximum Gasteiger partial charge on any atom is 0.300 e. The molecule has 5 heteroatoms. The summed E-state index contributed by atoms with van der Waals surface area (Å²) in [7, 11) is 0. The van der Waals surface area contributed by atoms with Crippen LogP contribution < -0.4 is 4.90 Å². The zero-order valence-corrected chi connectivity index (χ0v) is 18.6. The summed E-state index contributed by atoms with van der Waals surface area (Å²) in [5.74, 6) is -1.60. The lowest BCUT2D eigenvalue weighted by atomic mass is 9.91. The van der Waals surface area contributed by atoms with Crippen LogP contribution in [0.4, 0.5) is 5.69 Å². The number of aryl methyl sites for hydroxylation is 1. The molecule has 1 N–H and O–H groups in total. The van der Waals surface area contributed by atoms with Crippen molar-refractivity contribution in [3.05, 3.63) is 118 Å². The molecule has 4 nitrogen and oxygen atoms in total. The molecular formula is C28H20ClNO3. The van der Waals surface area contributed by atoms with Gasteiger partial charge in [0.25, 0.3) is 11.7 Å². The summed E-state index contributed by atoms with van der Waals surface area (Å²) in [6, 6.07) is 26.7. The minimum Gasteiger partial charge on any atom is -0.507 e. The molecule has 33 heavy (non-hydrogen) atoms. The van der Waals surface area contributed by atoms with Gasteiger partial charge in [0, 0.05) is 16.3 Å². The zero-order chi connectivity index (χ0) is 23.1. The van der Waals surface area contributed by atoms with Crippen LogP contribution in [0.2, 0.25) is 5.02 Å². The van der Waals surface area contributed by atoms with Gasteiger partial charge in [-0.15, -0.1) is 0 Å². The van der Waals surface area contributed by atoms with E-state index in [1.807, 2.05) is 61.5 Å². The van der Waals surface area contributed by atoms with Crippen LogP contribution in [0, 0.1) is 6.92 Å². The third-order valence-electron chi connectivity index (χ3n) is 5.99. The number of fused-ring (bicyclic) bond motifs is 1. The Hall–Kier alpha value is -3.89. The number of Topliss-reactive ketones (excluding diaryl/α,β-unsaturated/α-hetero) is 1. The van der Waals surface area contributed by atoms with Gasteiger partial charge in [-0.25, -0.2) is 0 Å². The minimum absolute atomic E-state index is 0.0650. The van der Waals surface area contributed by atoms with Crippen LogP contribution in [-0.4, -0.2) is 16.8 Å². The predicted octanol–water partition coefficient (Wildman–Crippen LogP) is 6.43. The van der Waals surface area contributed by atoms with Gasteiger partial charge in [-0.2, -0.15) is 0 Å². The Bertz CT molecular complexity index is 1420. The second-order valence-electron chi connectivity index (χ2n) is 8.08.